The Kier molecular flexibility index (Phi) is 6.09. The van der Waals surface area contributed by atoms with Crippen molar-refractivity contribution < 1.29 is 8.42 Å². The van der Waals surface area contributed by atoms with Gasteiger partial charge in [-0.2, -0.15) is 0 Å². The van der Waals surface area contributed by atoms with Gasteiger partial charge in [0.15, 0.2) is 9.84 Å². The van der Waals surface area contributed by atoms with Crippen LogP contribution in [0.4, 0.5) is 0 Å². The number of nitrogens with zero attached hydrogens (tertiary/aromatic N) is 1. The smallest absolute Gasteiger partial charge is 0.151 e. The molecule has 0 radical (unpaired) electrons. The monoisotopic (exact) mass is 316 g/mol. The molecule has 1 N–H and O–H groups in total. The third kappa shape index (κ3) is 4.67. The maximum atomic E-state index is 11.7. The van der Waals surface area contributed by atoms with Crippen molar-refractivity contribution in [3.05, 3.63) is 0 Å². The molecule has 0 aromatic carbocycles. The summed E-state index contributed by atoms with van der Waals surface area (Å²) in [5.74, 6) is 2.26. The number of hydrogen-bond donors (Lipinski definition) is 1. The van der Waals surface area contributed by atoms with E-state index in [1.807, 2.05) is 0 Å². The molecule has 1 saturated carbocycles. The summed E-state index contributed by atoms with van der Waals surface area (Å²) in [6.07, 6.45) is 7.34. The van der Waals surface area contributed by atoms with Gasteiger partial charge < -0.3 is 10.2 Å². The first-order valence-corrected chi connectivity index (χ1v) is 10.3. The molecule has 1 aliphatic carbocycles. The number of rotatable bonds is 6. The second-order valence-electron chi connectivity index (χ2n) is 7.12. The second-order valence-corrected chi connectivity index (χ2v) is 9.35. The van der Waals surface area contributed by atoms with Gasteiger partial charge in [-0.15, -0.1) is 0 Å². The van der Waals surface area contributed by atoms with Crippen LogP contribution < -0.4 is 5.32 Å². The summed E-state index contributed by atoms with van der Waals surface area (Å²) < 4.78 is 23.3. The number of sulfone groups is 1. The van der Waals surface area contributed by atoms with E-state index in [0.717, 1.165) is 18.9 Å². The highest BCUT2D eigenvalue weighted by Gasteiger charge is 2.34. The summed E-state index contributed by atoms with van der Waals surface area (Å²) in [6, 6.07) is 0.831. The number of hydrogen-bond acceptors (Lipinski definition) is 4. The summed E-state index contributed by atoms with van der Waals surface area (Å²) in [6.45, 7) is 3.31. The molecule has 0 bridgehead atoms. The molecule has 5 heteroatoms. The average molecular weight is 317 g/mol. The van der Waals surface area contributed by atoms with Crippen molar-refractivity contribution >= 4 is 9.84 Å². The van der Waals surface area contributed by atoms with Crippen LogP contribution in [0, 0.1) is 11.8 Å². The molecule has 1 aliphatic heterocycles. The van der Waals surface area contributed by atoms with E-state index < -0.39 is 9.84 Å². The summed E-state index contributed by atoms with van der Waals surface area (Å²) >= 11 is 0. The van der Waals surface area contributed by atoms with Gasteiger partial charge in [0.2, 0.25) is 0 Å². The van der Waals surface area contributed by atoms with Gasteiger partial charge in [0.1, 0.15) is 0 Å². The van der Waals surface area contributed by atoms with Gasteiger partial charge in [0.25, 0.3) is 0 Å². The van der Waals surface area contributed by atoms with Crippen LogP contribution in [0.3, 0.4) is 0 Å². The first kappa shape index (κ1) is 17.2. The SMILES string of the molecule is CCCC1CCC(NC)C(CN(C)C2CCS(=O)(=O)C2)C1. The van der Waals surface area contributed by atoms with E-state index in [1.54, 1.807) is 0 Å². The Morgan fingerprint density at radius 2 is 2.00 bits per heavy atom. The second kappa shape index (κ2) is 7.42. The normalized spacial score (nSPS) is 36.2. The van der Waals surface area contributed by atoms with Crippen LogP contribution in [-0.4, -0.2) is 57.5 Å². The molecular formula is C16H32N2O2S. The predicted molar refractivity (Wildman–Crippen MR) is 88.3 cm³/mol. The van der Waals surface area contributed by atoms with Gasteiger partial charge in [-0.1, -0.05) is 19.8 Å². The fraction of sp³-hybridized carbons (Fsp3) is 1.00. The Hall–Kier alpha value is -0.130. The quantitative estimate of drug-likeness (QED) is 0.813. The summed E-state index contributed by atoms with van der Waals surface area (Å²) in [5.41, 5.74) is 0. The van der Waals surface area contributed by atoms with Gasteiger partial charge in [-0.3, -0.25) is 0 Å². The van der Waals surface area contributed by atoms with Crippen molar-refractivity contribution in [3.8, 4) is 0 Å². The molecule has 0 aromatic heterocycles. The molecule has 4 nitrogen and oxygen atoms in total. The Morgan fingerprint density at radius 1 is 1.24 bits per heavy atom. The first-order chi connectivity index (χ1) is 9.95. The minimum absolute atomic E-state index is 0.235. The fourth-order valence-electron chi connectivity index (χ4n) is 4.26. The van der Waals surface area contributed by atoms with Crippen molar-refractivity contribution in [2.45, 2.75) is 57.5 Å². The summed E-state index contributed by atoms with van der Waals surface area (Å²) in [4.78, 5) is 2.31. The zero-order chi connectivity index (χ0) is 15.5. The van der Waals surface area contributed by atoms with Crippen molar-refractivity contribution in [2.75, 3.05) is 32.1 Å². The fourth-order valence-corrected chi connectivity index (χ4v) is 6.06. The highest BCUT2D eigenvalue weighted by Crippen LogP contribution is 2.33. The predicted octanol–water partition coefficient (Wildman–Crippen LogP) is 1.91. The molecule has 4 unspecified atom stereocenters. The maximum absolute atomic E-state index is 11.7. The molecule has 4 atom stereocenters. The lowest BCUT2D eigenvalue weighted by molar-refractivity contribution is 0.135. The summed E-state index contributed by atoms with van der Waals surface area (Å²) in [7, 11) is 1.40. The summed E-state index contributed by atoms with van der Waals surface area (Å²) in [5, 5.41) is 3.48. The number of nitrogens with one attached hydrogen (secondary N) is 1. The Morgan fingerprint density at radius 3 is 2.57 bits per heavy atom. The minimum atomic E-state index is -2.78. The molecule has 0 aromatic rings. The van der Waals surface area contributed by atoms with E-state index in [-0.39, 0.29) is 6.04 Å². The maximum Gasteiger partial charge on any atom is 0.151 e. The van der Waals surface area contributed by atoms with Crippen LogP contribution in [0.2, 0.25) is 0 Å². The first-order valence-electron chi connectivity index (χ1n) is 8.53. The molecule has 1 saturated heterocycles. The Balaban J connectivity index is 1.91. The van der Waals surface area contributed by atoms with Gasteiger partial charge in [0, 0.05) is 18.6 Å². The van der Waals surface area contributed by atoms with Crippen molar-refractivity contribution in [1.29, 1.82) is 0 Å². The van der Waals surface area contributed by atoms with Crippen molar-refractivity contribution in [1.82, 2.24) is 10.2 Å². The molecule has 0 amide bonds. The van der Waals surface area contributed by atoms with Crippen LogP contribution in [0.15, 0.2) is 0 Å². The van der Waals surface area contributed by atoms with E-state index in [4.69, 9.17) is 0 Å². The topological polar surface area (TPSA) is 49.4 Å². The average Bonchev–Trinajstić information content (AvgIpc) is 2.80. The standard InChI is InChI=1S/C16H32N2O2S/c1-4-5-13-6-7-16(17-2)14(10-13)11-18(3)15-8-9-21(19,20)12-15/h13-17H,4-12H2,1-3H3. The third-order valence-electron chi connectivity index (χ3n) is 5.51. The zero-order valence-electron chi connectivity index (χ0n) is 13.8. The molecule has 2 rings (SSSR count). The molecule has 0 spiro atoms. The molecular weight excluding hydrogens is 284 g/mol. The Bertz CT molecular complexity index is 424. The molecule has 2 fully saturated rings. The van der Waals surface area contributed by atoms with Gasteiger partial charge in [0.05, 0.1) is 11.5 Å². The van der Waals surface area contributed by atoms with Crippen LogP contribution in [0.1, 0.15) is 45.4 Å². The zero-order valence-corrected chi connectivity index (χ0v) is 14.7. The van der Waals surface area contributed by atoms with Crippen LogP contribution in [-0.2, 0) is 9.84 Å². The van der Waals surface area contributed by atoms with Gasteiger partial charge in [-0.05, 0) is 51.6 Å². The third-order valence-corrected chi connectivity index (χ3v) is 7.26. The van der Waals surface area contributed by atoms with Crippen LogP contribution in [0.5, 0.6) is 0 Å². The van der Waals surface area contributed by atoms with Crippen LogP contribution in [0.25, 0.3) is 0 Å². The lowest BCUT2D eigenvalue weighted by Crippen LogP contribution is -2.46. The van der Waals surface area contributed by atoms with Crippen molar-refractivity contribution in [3.63, 3.8) is 0 Å². The molecule has 21 heavy (non-hydrogen) atoms. The highest BCUT2D eigenvalue weighted by molar-refractivity contribution is 7.91. The van der Waals surface area contributed by atoms with E-state index in [1.165, 1.54) is 32.1 Å². The lowest BCUT2D eigenvalue weighted by Gasteiger charge is -2.39. The van der Waals surface area contributed by atoms with Crippen molar-refractivity contribution in [2.24, 2.45) is 11.8 Å². The molecule has 1 heterocycles. The lowest BCUT2D eigenvalue weighted by atomic mass is 9.76. The van der Waals surface area contributed by atoms with E-state index in [0.29, 0.717) is 23.5 Å². The van der Waals surface area contributed by atoms with Crippen LogP contribution >= 0.6 is 0 Å². The van der Waals surface area contributed by atoms with Gasteiger partial charge in [-0.25, -0.2) is 8.42 Å². The van der Waals surface area contributed by atoms with E-state index in [2.05, 4.69) is 31.2 Å². The van der Waals surface area contributed by atoms with E-state index in [9.17, 15) is 8.42 Å². The minimum Gasteiger partial charge on any atom is -0.317 e. The Labute approximate surface area is 130 Å². The molecule has 2 aliphatic rings. The molecule has 124 valence electrons. The largest absolute Gasteiger partial charge is 0.317 e. The van der Waals surface area contributed by atoms with E-state index >= 15 is 0 Å². The highest BCUT2D eigenvalue weighted by atomic mass is 32.2. The van der Waals surface area contributed by atoms with Gasteiger partial charge >= 0.3 is 0 Å².